The first-order valence-electron chi connectivity index (χ1n) is 4.94. The van der Waals surface area contributed by atoms with Gasteiger partial charge in [0.1, 0.15) is 0 Å². The van der Waals surface area contributed by atoms with Gasteiger partial charge in [0.05, 0.1) is 0 Å². The summed E-state index contributed by atoms with van der Waals surface area (Å²) in [5.74, 6) is 1.14. The van der Waals surface area contributed by atoms with Crippen molar-refractivity contribution in [2.45, 2.75) is 6.54 Å². The molecule has 2 aromatic rings. The van der Waals surface area contributed by atoms with E-state index in [0.29, 0.717) is 11.6 Å². The number of aromatic nitrogens is 3. The van der Waals surface area contributed by atoms with E-state index in [2.05, 4.69) is 15.0 Å². The lowest BCUT2D eigenvalue weighted by molar-refractivity contribution is 0.891. The summed E-state index contributed by atoms with van der Waals surface area (Å²) < 4.78 is 0. The lowest BCUT2D eigenvalue weighted by Gasteiger charge is -2.18. The Labute approximate surface area is 94.0 Å². The van der Waals surface area contributed by atoms with E-state index in [1.807, 2.05) is 24.1 Å². The third-order valence-electron chi connectivity index (χ3n) is 2.24. The molecule has 5 heteroatoms. The number of rotatable bonds is 3. The second-order valence-electron chi connectivity index (χ2n) is 3.48. The third kappa shape index (κ3) is 2.25. The quantitative estimate of drug-likeness (QED) is 0.830. The summed E-state index contributed by atoms with van der Waals surface area (Å²) in [6.45, 7) is 0.728. The van der Waals surface area contributed by atoms with Gasteiger partial charge in [0.15, 0.2) is 11.6 Å². The number of nitrogens with two attached hydrogens (primary N) is 1. The summed E-state index contributed by atoms with van der Waals surface area (Å²) in [6, 6.07) is 3.92. The normalized spacial score (nSPS) is 10.1. The Morgan fingerprint density at radius 1 is 1.12 bits per heavy atom. The van der Waals surface area contributed by atoms with E-state index in [9.17, 15) is 0 Å². The molecule has 2 N–H and O–H groups in total. The molecule has 0 fully saturated rings. The molecule has 2 heterocycles. The van der Waals surface area contributed by atoms with E-state index in [0.717, 1.165) is 12.1 Å². The van der Waals surface area contributed by atoms with Crippen LogP contribution in [-0.4, -0.2) is 22.0 Å². The number of hydrogen-bond donors (Lipinski definition) is 1. The van der Waals surface area contributed by atoms with Crippen LogP contribution in [0.15, 0.2) is 36.9 Å². The lowest BCUT2D eigenvalue weighted by atomic mass is 10.2. The van der Waals surface area contributed by atoms with Crippen LogP contribution in [0.5, 0.6) is 0 Å². The minimum Gasteiger partial charge on any atom is -0.381 e. The zero-order valence-corrected chi connectivity index (χ0v) is 9.04. The topological polar surface area (TPSA) is 67.9 Å². The Morgan fingerprint density at radius 2 is 1.81 bits per heavy atom. The van der Waals surface area contributed by atoms with E-state index < -0.39 is 0 Å². The maximum Gasteiger partial charge on any atom is 0.171 e. The van der Waals surface area contributed by atoms with Gasteiger partial charge in [-0.05, 0) is 17.7 Å². The van der Waals surface area contributed by atoms with Crippen LogP contribution in [0.2, 0.25) is 0 Å². The van der Waals surface area contributed by atoms with Crippen LogP contribution in [0.1, 0.15) is 5.56 Å². The number of nitrogen functional groups attached to an aromatic ring is 1. The summed E-state index contributed by atoms with van der Waals surface area (Å²) in [5, 5.41) is 0. The minimum absolute atomic E-state index is 0.444. The average Bonchev–Trinajstić information content (AvgIpc) is 2.31. The molecule has 82 valence electrons. The maximum atomic E-state index is 5.75. The lowest BCUT2D eigenvalue weighted by Crippen LogP contribution is -2.19. The van der Waals surface area contributed by atoms with Crippen LogP contribution in [0.25, 0.3) is 0 Å². The van der Waals surface area contributed by atoms with Gasteiger partial charge in [0, 0.05) is 38.4 Å². The van der Waals surface area contributed by atoms with Crippen molar-refractivity contribution in [2.24, 2.45) is 0 Å². The SMILES string of the molecule is CN(Cc1ccncc1)c1nccnc1N. The molecular formula is C11H13N5. The van der Waals surface area contributed by atoms with Gasteiger partial charge in [0.25, 0.3) is 0 Å². The fourth-order valence-corrected chi connectivity index (χ4v) is 1.47. The molecular weight excluding hydrogens is 202 g/mol. The van der Waals surface area contributed by atoms with Gasteiger partial charge in [0.2, 0.25) is 0 Å². The molecule has 2 aromatic heterocycles. The van der Waals surface area contributed by atoms with Crippen LogP contribution in [0.3, 0.4) is 0 Å². The van der Waals surface area contributed by atoms with Crippen LogP contribution in [0, 0.1) is 0 Å². The molecule has 0 aliphatic carbocycles. The summed E-state index contributed by atoms with van der Waals surface area (Å²) in [4.78, 5) is 14.1. The molecule has 0 saturated heterocycles. The van der Waals surface area contributed by atoms with Gasteiger partial charge in [-0.25, -0.2) is 9.97 Å². The van der Waals surface area contributed by atoms with Crippen LogP contribution in [-0.2, 0) is 6.54 Å². The number of hydrogen-bond acceptors (Lipinski definition) is 5. The minimum atomic E-state index is 0.444. The molecule has 0 amide bonds. The largest absolute Gasteiger partial charge is 0.381 e. The Morgan fingerprint density at radius 3 is 2.50 bits per heavy atom. The molecule has 0 aliphatic heterocycles. The van der Waals surface area contributed by atoms with E-state index >= 15 is 0 Å². The Hall–Kier alpha value is -2.17. The predicted molar refractivity (Wildman–Crippen MR) is 62.8 cm³/mol. The Balaban J connectivity index is 2.15. The summed E-state index contributed by atoms with van der Waals surface area (Å²) in [5.41, 5.74) is 6.90. The zero-order valence-electron chi connectivity index (χ0n) is 9.04. The number of nitrogens with zero attached hydrogens (tertiary/aromatic N) is 4. The first-order valence-corrected chi connectivity index (χ1v) is 4.94. The highest BCUT2D eigenvalue weighted by molar-refractivity contribution is 5.56. The van der Waals surface area contributed by atoms with E-state index in [1.54, 1.807) is 24.8 Å². The van der Waals surface area contributed by atoms with E-state index in [1.165, 1.54) is 0 Å². The molecule has 0 unspecified atom stereocenters. The van der Waals surface area contributed by atoms with Crippen molar-refractivity contribution < 1.29 is 0 Å². The summed E-state index contributed by atoms with van der Waals surface area (Å²) >= 11 is 0. The summed E-state index contributed by atoms with van der Waals surface area (Å²) in [6.07, 6.45) is 6.75. The second kappa shape index (κ2) is 4.57. The van der Waals surface area contributed by atoms with Crippen molar-refractivity contribution in [1.29, 1.82) is 0 Å². The molecule has 5 nitrogen and oxygen atoms in total. The first kappa shape index (κ1) is 10.4. The van der Waals surface area contributed by atoms with Crippen LogP contribution >= 0.6 is 0 Å². The summed E-state index contributed by atoms with van der Waals surface area (Å²) in [7, 11) is 1.93. The van der Waals surface area contributed by atoms with Crippen LogP contribution < -0.4 is 10.6 Å². The van der Waals surface area contributed by atoms with Gasteiger partial charge in [-0.2, -0.15) is 0 Å². The van der Waals surface area contributed by atoms with Crippen molar-refractivity contribution in [2.75, 3.05) is 17.7 Å². The fraction of sp³-hybridized carbons (Fsp3) is 0.182. The fourth-order valence-electron chi connectivity index (χ4n) is 1.47. The van der Waals surface area contributed by atoms with Crippen molar-refractivity contribution in [1.82, 2.24) is 15.0 Å². The van der Waals surface area contributed by atoms with Crippen molar-refractivity contribution in [3.63, 3.8) is 0 Å². The standard InChI is InChI=1S/C11H13N5/c1-16(8-9-2-4-13-5-3-9)11-10(12)14-6-7-15-11/h2-7H,8H2,1H3,(H2,12,14). The number of anilines is 2. The molecule has 0 radical (unpaired) electrons. The molecule has 0 saturated carbocycles. The van der Waals surface area contributed by atoms with Crippen LogP contribution in [0.4, 0.5) is 11.6 Å². The zero-order chi connectivity index (χ0) is 11.4. The molecule has 0 spiro atoms. The Kier molecular flexibility index (Phi) is 2.95. The van der Waals surface area contributed by atoms with Gasteiger partial charge in [-0.15, -0.1) is 0 Å². The monoisotopic (exact) mass is 215 g/mol. The average molecular weight is 215 g/mol. The van der Waals surface area contributed by atoms with Gasteiger partial charge in [-0.3, -0.25) is 4.98 Å². The first-order chi connectivity index (χ1) is 7.77. The van der Waals surface area contributed by atoms with Gasteiger partial charge < -0.3 is 10.6 Å². The molecule has 0 atom stereocenters. The van der Waals surface area contributed by atoms with E-state index in [4.69, 9.17) is 5.73 Å². The molecule has 0 aliphatic rings. The highest BCUT2D eigenvalue weighted by Crippen LogP contribution is 2.16. The smallest absolute Gasteiger partial charge is 0.171 e. The third-order valence-corrected chi connectivity index (χ3v) is 2.24. The van der Waals surface area contributed by atoms with E-state index in [-0.39, 0.29) is 0 Å². The molecule has 16 heavy (non-hydrogen) atoms. The van der Waals surface area contributed by atoms with Gasteiger partial charge in [-0.1, -0.05) is 0 Å². The molecule has 0 aromatic carbocycles. The van der Waals surface area contributed by atoms with Crippen molar-refractivity contribution >= 4 is 11.6 Å². The van der Waals surface area contributed by atoms with Gasteiger partial charge >= 0.3 is 0 Å². The van der Waals surface area contributed by atoms with Crippen molar-refractivity contribution in [3.05, 3.63) is 42.5 Å². The Bertz CT molecular complexity index is 457. The highest BCUT2D eigenvalue weighted by atomic mass is 15.2. The second-order valence-corrected chi connectivity index (χ2v) is 3.48. The maximum absolute atomic E-state index is 5.75. The molecule has 0 bridgehead atoms. The highest BCUT2D eigenvalue weighted by Gasteiger charge is 2.07. The number of pyridine rings is 1. The molecule has 2 rings (SSSR count). The van der Waals surface area contributed by atoms with Crippen molar-refractivity contribution in [3.8, 4) is 0 Å². The predicted octanol–water partition coefficient (Wildman–Crippen LogP) is 1.09.